The Bertz CT molecular complexity index is 1320. The predicted molar refractivity (Wildman–Crippen MR) is 146 cm³/mol. The molecule has 0 bridgehead atoms. The lowest BCUT2D eigenvalue weighted by atomic mass is 10.2. The second-order valence-electron chi connectivity index (χ2n) is 10.7. The summed E-state index contributed by atoms with van der Waals surface area (Å²) in [6.07, 6.45) is 5.44. The zero-order chi connectivity index (χ0) is 27.6. The van der Waals surface area contributed by atoms with Crippen molar-refractivity contribution in [1.29, 1.82) is 0 Å². The number of methoxy groups -OCH3 is 1. The lowest BCUT2D eigenvalue weighted by Gasteiger charge is -2.35. The van der Waals surface area contributed by atoms with E-state index in [9.17, 15) is 9.59 Å². The molecule has 0 saturated carbocycles. The molecular weight excluding hydrogens is 498 g/mol. The number of rotatable bonds is 5. The van der Waals surface area contributed by atoms with Gasteiger partial charge in [-0.2, -0.15) is 5.10 Å². The number of hydrogen-bond donors (Lipinski definition) is 0. The normalized spacial score (nSPS) is 15.9. The Morgan fingerprint density at radius 3 is 2.23 bits per heavy atom. The fourth-order valence-electron chi connectivity index (χ4n) is 4.80. The van der Waals surface area contributed by atoms with Gasteiger partial charge in [0.15, 0.2) is 5.69 Å². The third-order valence-electron chi connectivity index (χ3n) is 6.80. The van der Waals surface area contributed by atoms with Crippen LogP contribution in [0.5, 0.6) is 5.88 Å². The van der Waals surface area contributed by atoms with Gasteiger partial charge in [0, 0.05) is 57.2 Å². The van der Waals surface area contributed by atoms with Gasteiger partial charge in [-0.1, -0.05) is 0 Å². The molecule has 0 radical (unpaired) electrons. The van der Waals surface area contributed by atoms with E-state index < -0.39 is 5.60 Å². The van der Waals surface area contributed by atoms with Gasteiger partial charge in [0.25, 0.3) is 5.91 Å². The van der Waals surface area contributed by atoms with Gasteiger partial charge < -0.3 is 24.2 Å². The summed E-state index contributed by atoms with van der Waals surface area (Å²) in [5.74, 6) is 0.289. The lowest BCUT2D eigenvalue weighted by molar-refractivity contribution is 0.0140. The Kier molecular flexibility index (Phi) is 7.40. The fraction of sp³-hybridized carbons (Fsp3) is 0.464. The van der Waals surface area contributed by atoms with E-state index in [0.717, 1.165) is 24.5 Å². The number of pyridine rings is 2. The van der Waals surface area contributed by atoms with Crippen LogP contribution in [0.1, 0.15) is 44.1 Å². The highest BCUT2D eigenvalue weighted by atomic mass is 16.6. The molecule has 3 aromatic heterocycles. The SMILES string of the molecule is COc1ccc(-n2nc(C(=O)N3CCN(C(=O)OC(C)(C)C)CC3)cc2-c2cc(N3CCCC3)ccn2)cn1. The van der Waals surface area contributed by atoms with Crippen LogP contribution in [-0.4, -0.2) is 93.5 Å². The van der Waals surface area contributed by atoms with E-state index in [-0.39, 0.29) is 12.0 Å². The van der Waals surface area contributed by atoms with Crippen molar-refractivity contribution in [2.45, 2.75) is 39.2 Å². The number of aromatic nitrogens is 4. The Balaban J connectivity index is 1.41. The Hall–Kier alpha value is -4.15. The number of ether oxygens (including phenoxy) is 2. The molecule has 11 nitrogen and oxygen atoms in total. The number of piperazine rings is 1. The summed E-state index contributed by atoms with van der Waals surface area (Å²) < 4.78 is 12.4. The molecule has 39 heavy (non-hydrogen) atoms. The average molecular weight is 534 g/mol. The van der Waals surface area contributed by atoms with E-state index in [1.165, 1.54) is 12.8 Å². The van der Waals surface area contributed by atoms with Crippen LogP contribution in [0.3, 0.4) is 0 Å². The molecule has 2 fully saturated rings. The van der Waals surface area contributed by atoms with Gasteiger partial charge in [0.2, 0.25) is 5.88 Å². The highest BCUT2D eigenvalue weighted by molar-refractivity contribution is 5.93. The molecule has 2 aliphatic rings. The summed E-state index contributed by atoms with van der Waals surface area (Å²) >= 11 is 0. The fourth-order valence-corrected chi connectivity index (χ4v) is 4.80. The summed E-state index contributed by atoms with van der Waals surface area (Å²) in [6.45, 7) is 9.15. The number of anilines is 1. The van der Waals surface area contributed by atoms with E-state index in [4.69, 9.17) is 14.6 Å². The maximum Gasteiger partial charge on any atom is 0.410 e. The molecule has 0 aliphatic carbocycles. The molecule has 0 spiro atoms. The van der Waals surface area contributed by atoms with Gasteiger partial charge >= 0.3 is 6.09 Å². The van der Waals surface area contributed by atoms with Gasteiger partial charge in [-0.15, -0.1) is 0 Å². The van der Waals surface area contributed by atoms with E-state index in [1.807, 2.05) is 39.0 Å². The lowest BCUT2D eigenvalue weighted by Crippen LogP contribution is -2.51. The van der Waals surface area contributed by atoms with Crippen molar-refractivity contribution < 1.29 is 19.1 Å². The Morgan fingerprint density at radius 1 is 0.872 bits per heavy atom. The van der Waals surface area contributed by atoms with Crippen molar-refractivity contribution >= 4 is 17.7 Å². The van der Waals surface area contributed by atoms with Crippen LogP contribution in [0.25, 0.3) is 17.1 Å². The number of amides is 2. The first-order valence-corrected chi connectivity index (χ1v) is 13.3. The summed E-state index contributed by atoms with van der Waals surface area (Å²) in [7, 11) is 1.56. The quantitative estimate of drug-likeness (QED) is 0.490. The molecule has 0 aromatic carbocycles. The molecule has 2 amide bonds. The van der Waals surface area contributed by atoms with Crippen LogP contribution >= 0.6 is 0 Å². The smallest absolute Gasteiger partial charge is 0.410 e. The van der Waals surface area contributed by atoms with Gasteiger partial charge in [-0.3, -0.25) is 9.78 Å². The highest BCUT2D eigenvalue weighted by Gasteiger charge is 2.30. The minimum absolute atomic E-state index is 0.198. The van der Waals surface area contributed by atoms with Gasteiger partial charge in [0.05, 0.1) is 30.4 Å². The van der Waals surface area contributed by atoms with Crippen LogP contribution in [0.2, 0.25) is 0 Å². The molecule has 5 rings (SSSR count). The first-order chi connectivity index (χ1) is 18.7. The molecule has 11 heteroatoms. The largest absolute Gasteiger partial charge is 0.481 e. The topological polar surface area (TPSA) is 106 Å². The summed E-state index contributed by atoms with van der Waals surface area (Å²) in [5.41, 5.74) is 2.94. The van der Waals surface area contributed by atoms with Gasteiger partial charge in [-0.05, 0) is 57.9 Å². The van der Waals surface area contributed by atoms with E-state index in [0.29, 0.717) is 49.1 Å². The first kappa shape index (κ1) is 26.5. The molecule has 3 aromatic rings. The van der Waals surface area contributed by atoms with E-state index >= 15 is 0 Å². The number of nitrogens with zero attached hydrogens (tertiary/aromatic N) is 7. The van der Waals surface area contributed by atoms with Crippen LogP contribution < -0.4 is 9.64 Å². The number of carbonyl (C=O) groups excluding carboxylic acids is 2. The first-order valence-electron chi connectivity index (χ1n) is 13.3. The van der Waals surface area contributed by atoms with Gasteiger partial charge in [-0.25, -0.2) is 14.5 Å². The molecule has 2 aliphatic heterocycles. The minimum Gasteiger partial charge on any atom is -0.481 e. The van der Waals surface area contributed by atoms with Crippen LogP contribution in [0, 0.1) is 0 Å². The second-order valence-corrected chi connectivity index (χ2v) is 10.7. The van der Waals surface area contributed by atoms with Crippen molar-refractivity contribution in [3.8, 4) is 23.0 Å². The maximum absolute atomic E-state index is 13.6. The van der Waals surface area contributed by atoms with Crippen molar-refractivity contribution in [1.82, 2.24) is 29.5 Å². The van der Waals surface area contributed by atoms with Crippen molar-refractivity contribution in [2.24, 2.45) is 0 Å². The monoisotopic (exact) mass is 533 g/mol. The molecule has 0 N–H and O–H groups in total. The Morgan fingerprint density at radius 2 is 1.59 bits per heavy atom. The standard InChI is InChI=1S/C28H35N7O4/c1-28(2,3)39-27(37)34-15-13-33(14-16-34)26(36)23-18-24(35(31-23)21-7-8-25(38-4)30-19-21)22-17-20(9-10-29-22)32-11-5-6-12-32/h7-10,17-19H,5-6,11-16H2,1-4H3. The van der Waals surface area contributed by atoms with Crippen molar-refractivity contribution in [3.05, 3.63) is 48.4 Å². The number of carbonyl (C=O) groups is 2. The second kappa shape index (κ2) is 10.9. The van der Waals surface area contributed by atoms with Crippen LogP contribution in [0.4, 0.5) is 10.5 Å². The van der Waals surface area contributed by atoms with Gasteiger partial charge in [0.1, 0.15) is 5.60 Å². The molecular formula is C28H35N7O4. The summed E-state index contributed by atoms with van der Waals surface area (Å²) in [5, 5.41) is 4.70. The van der Waals surface area contributed by atoms with E-state index in [1.54, 1.807) is 46.1 Å². The third-order valence-corrected chi connectivity index (χ3v) is 6.80. The molecule has 0 unspecified atom stereocenters. The van der Waals surface area contributed by atoms with E-state index in [2.05, 4.69) is 14.9 Å². The van der Waals surface area contributed by atoms with Crippen LogP contribution in [0.15, 0.2) is 42.7 Å². The average Bonchev–Trinajstić information content (AvgIpc) is 3.63. The summed E-state index contributed by atoms with van der Waals surface area (Å²) in [4.78, 5) is 40.7. The maximum atomic E-state index is 13.6. The minimum atomic E-state index is -0.566. The zero-order valence-electron chi connectivity index (χ0n) is 23.0. The molecule has 2 saturated heterocycles. The van der Waals surface area contributed by atoms with Crippen LogP contribution in [-0.2, 0) is 4.74 Å². The summed E-state index contributed by atoms with van der Waals surface area (Å²) in [6, 6.07) is 9.44. The molecule has 0 atom stereocenters. The molecule has 5 heterocycles. The number of hydrogen-bond acceptors (Lipinski definition) is 8. The third kappa shape index (κ3) is 5.97. The van der Waals surface area contributed by atoms with Crippen molar-refractivity contribution in [3.63, 3.8) is 0 Å². The molecule has 206 valence electrons. The highest BCUT2D eigenvalue weighted by Crippen LogP contribution is 2.28. The Labute approximate surface area is 228 Å². The predicted octanol–water partition coefficient (Wildman–Crippen LogP) is 3.63. The zero-order valence-corrected chi connectivity index (χ0v) is 23.0. The van der Waals surface area contributed by atoms with Crippen molar-refractivity contribution in [2.75, 3.05) is 51.3 Å².